The Bertz CT molecular complexity index is 631. The van der Waals surface area contributed by atoms with E-state index >= 15 is 0 Å². The first-order valence-electron chi connectivity index (χ1n) is 9.90. The van der Waals surface area contributed by atoms with Crippen molar-refractivity contribution in [3.63, 3.8) is 0 Å². The zero-order valence-electron chi connectivity index (χ0n) is 16.7. The monoisotopic (exact) mass is 338 g/mol. The Labute approximate surface area is 153 Å². The van der Waals surface area contributed by atoms with Crippen LogP contribution in [-0.4, -0.2) is 26.9 Å². The summed E-state index contributed by atoms with van der Waals surface area (Å²) in [7, 11) is 4.16. The fourth-order valence-electron chi connectivity index (χ4n) is 7.93. The van der Waals surface area contributed by atoms with Crippen molar-refractivity contribution in [2.24, 2.45) is 26.7 Å². The van der Waals surface area contributed by atoms with Gasteiger partial charge in [0.25, 0.3) is 0 Å². The molecule has 1 aromatic rings. The van der Waals surface area contributed by atoms with Gasteiger partial charge in [0.2, 0.25) is 0 Å². The number of hydrogen-bond acceptors (Lipinski definition) is 2. The van der Waals surface area contributed by atoms with E-state index in [1.807, 2.05) is 0 Å². The van der Waals surface area contributed by atoms with Gasteiger partial charge in [-0.05, 0) is 77.9 Å². The quantitative estimate of drug-likeness (QED) is 0.656. The predicted octanol–water partition coefficient (Wildman–Crippen LogP) is 5.56. The van der Waals surface area contributed by atoms with E-state index in [2.05, 4.69) is 70.2 Å². The topological polar surface area (TPSA) is 15.6 Å². The van der Waals surface area contributed by atoms with E-state index in [0.29, 0.717) is 21.7 Å². The largest absolute Gasteiger partial charge is 0.378 e. The molecular formula is C23H34N2. The van der Waals surface area contributed by atoms with E-state index in [9.17, 15) is 0 Å². The second kappa shape index (κ2) is 5.34. The van der Waals surface area contributed by atoms with E-state index in [4.69, 9.17) is 4.99 Å². The first-order chi connectivity index (χ1) is 11.6. The number of aliphatic imine (C=N–C) groups is 1. The maximum Gasteiger partial charge on any atom is 0.0446 e. The second-order valence-electron chi connectivity index (χ2n) is 10.9. The van der Waals surface area contributed by atoms with E-state index in [1.54, 1.807) is 0 Å². The van der Waals surface area contributed by atoms with Crippen molar-refractivity contribution in [2.45, 2.75) is 59.3 Å². The molecule has 0 heterocycles. The molecule has 4 aliphatic carbocycles. The highest BCUT2D eigenvalue weighted by Crippen LogP contribution is 2.73. The summed E-state index contributed by atoms with van der Waals surface area (Å²) in [6.45, 7) is 8.68. The van der Waals surface area contributed by atoms with Crippen LogP contribution in [0.25, 0.3) is 0 Å². The Kier molecular flexibility index (Phi) is 3.66. The van der Waals surface area contributed by atoms with Gasteiger partial charge in [-0.2, -0.15) is 0 Å². The van der Waals surface area contributed by atoms with Crippen LogP contribution in [0.1, 0.15) is 64.9 Å². The molecule has 1 aromatic carbocycles. The molecule has 0 atom stereocenters. The Balaban J connectivity index is 1.51. The van der Waals surface area contributed by atoms with Crippen molar-refractivity contribution >= 4 is 11.9 Å². The van der Waals surface area contributed by atoms with Crippen molar-refractivity contribution < 1.29 is 0 Å². The summed E-state index contributed by atoms with van der Waals surface area (Å²) in [6.07, 6.45) is 10.6. The molecule has 0 spiro atoms. The van der Waals surface area contributed by atoms with Crippen LogP contribution in [0.3, 0.4) is 0 Å². The van der Waals surface area contributed by atoms with Crippen LogP contribution in [0.15, 0.2) is 29.3 Å². The first kappa shape index (κ1) is 17.1. The standard InChI is InChI=1S/C23H34N2/c1-20-11-21(2)13-22(3,12-20)16-23(14-20,15-21)17-24-10-18-6-8-19(9-7-18)25(4)5/h6-10H,11-17H2,1-5H3. The molecule has 0 unspecified atom stereocenters. The summed E-state index contributed by atoms with van der Waals surface area (Å²) in [5.74, 6) is 0. The average Bonchev–Trinajstić information content (AvgIpc) is 2.42. The van der Waals surface area contributed by atoms with Crippen LogP contribution in [-0.2, 0) is 0 Å². The third-order valence-corrected chi connectivity index (χ3v) is 7.04. The molecule has 0 aromatic heterocycles. The normalized spacial score (nSPS) is 42.3. The third-order valence-electron chi connectivity index (χ3n) is 7.04. The molecule has 136 valence electrons. The molecule has 4 fully saturated rings. The van der Waals surface area contributed by atoms with Crippen molar-refractivity contribution in [1.82, 2.24) is 0 Å². The summed E-state index contributed by atoms with van der Waals surface area (Å²) < 4.78 is 0. The maximum absolute atomic E-state index is 4.96. The van der Waals surface area contributed by atoms with Gasteiger partial charge in [0, 0.05) is 32.5 Å². The molecule has 4 saturated carbocycles. The Morgan fingerprint density at radius 2 is 1.32 bits per heavy atom. The third kappa shape index (κ3) is 3.13. The minimum Gasteiger partial charge on any atom is -0.378 e. The van der Waals surface area contributed by atoms with Crippen molar-refractivity contribution in [1.29, 1.82) is 0 Å². The highest BCUT2D eigenvalue weighted by Gasteiger charge is 2.63. The number of hydrogen-bond donors (Lipinski definition) is 0. The molecular weight excluding hydrogens is 304 g/mol. The van der Waals surface area contributed by atoms with Gasteiger partial charge >= 0.3 is 0 Å². The molecule has 0 radical (unpaired) electrons. The lowest BCUT2D eigenvalue weighted by Gasteiger charge is -2.69. The minimum atomic E-state index is 0.451. The van der Waals surface area contributed by atoms with Crippen LogP contribution < -0.4 is 4.90 Å². The maximum atomic E-state index is 4.96. The van der Waals surface area contributed by atoms with Gasteiger partial charge in [-0.25, -0.2) is 0 Å². The molecule has 2 heteroatoms. The summed E-state index contributed by atoms with van der Waals surface area (Å²) in [4.78, 5) is 7.10. The van der Waals surface area contributed by atoms with Gasteiger partial charge in [-0.15, -0.1) is 0 Å². The molecule has 0 N–H and O–H groups in total. The van der Waals surface area contributed by atoms with Crippen LogP contribution in [0.5, 0.6) is 0 Å². The van der Waals surface area contributed by atoms with Gasteiger partial charge in [0.1, 0.15) is 0 Å². The highest BCUT2D eigenvalue weighted by atomic mass is 15.1. The highest BCUT2D eigenvalue weighted by molar-refractivity contribution is 5.80. The van der Waals surface area contributed by atoms with Gasteiger partial charge in [0.05, 0.1) is 0 Å². The van der Waals surface area contributed by atoms with Crippen LogP contribution in [0, 0.1) is 21.7 Å². The summed E-state index contributed by atoms with van der Waals surface area (Å²) in [5, 5.41) is 0. The molecule has 4 aliphatic rings. The van der Waals surface area contributed by atoms with E-state index in [1.165, 1.54) is 49.8 Å². The van der Waals surface area contributed by atoms with E-state index in [0.717, 1.165) is 6.54 Å². The Morgan fingerprint density at radius 1 is 0.840 bits per heavy atom. The molecule has 0 amide bonds. The number of nitrogens with zero attached hydrogens (tertiary/aromatic N) is 2. The lowest BCUT2D eigenvalue weighted by atomic mass is 9.36. The lowest BCUT2D eigenvalue weighted by molar-refractivity contribution is -0.179. The molecule has 5 rings (SSSR count). The molecule has 0 aliphatic heterocycles. The number of anilines is 1. The van der Waals surface area contributed by atoms with Crippen molar-refractivity contribution in [3.8, 4) is 0 Å². The van der Waals surface area contributed by atoms with Crippen LogP contribution >= 0.6 is 0 Å². The van der Waals surface area contributed by atoms with Gasteiger partial charge in [-0.1, -0.05) is 32.9 Å². The first-order valence-corrected chi connectivity index (χ1v) is 9.90. The van der Waals surface area contributed by atoms with E-state index in [-0.39, 0.29) is 0 Å². The fourth-order valence-corrected chi connectivity index (χ4v) is 7.93. The molecule has 0 saturated heterocycles. The molecule has 25 heavy (non-hydrogen) atoms. The van der Waals surface area contributed by atoms with Gasteiger partial charge in [0.15, 0.2) is 0 Å². The second-order valence-corrected chi connectivity index (χ2v) is 10.9. The van der Waals surface area contributed by atoms with Gasteiger partial charge in [-0.3, -0.25) is 4.99 Å². The SMILES string of the molecule is CN(C)c1ccc(C=NCC23CC4(C)CC(C)(CC(C)(C4)C2)C3)cc1. The zero-order chi connectivity index (χ0) is 17.9. The lowest BCUT2D eigenvalue weighted by Crippen LogP contribution is -2.59. The number of benzene rings is 1. The predicted molar refractivity (Wildman–Crippen MR) is 108 cm³/mol. The average molecular weight is 339 g/mol. The molecule has 4 bridgehead atoms. The Hall–Kier alpha value is -1.31. The smallest absolute Gasteiger partial charge is 0.0446 e. The summed E-state index contributed by atoms with van der Waals surface area (Å²) in [6, 6.07) is 8.72. The van der Waals surface area contributed by atoms with Gasteiger partial charge < -0.3 is 4.90 Å². The van der Waals surface area contributed by atoms with Crippen molar-refractivity contribution in [2.75, 3.05) is 25.5 Å². The number of rotatable bonds is 4. The van der Waals surface area contributed by atoms with Crippen molar-refractivity contribution in [3.05, 3.63) is 29.8 Å². The van der Waals surface area contributed by atoms with Crippen LogP contribution in [0.4, 0.5) is 5.69 Å². The molecule has 2 nitrogen and oxygen atoms in total. The van der Waals surface area contributed by atoms with Crippen LogP contribution in [0.2, 0.25) is 0 Å². The fraction of sp³-hybridized carbons (Fsp3) is 0.696. The summed E-state index contributed by atoms with van der Waals surface area (Å²) >= 11 is 0. The Morgan fingerprint density at radius 3 is 1.76 bits per heavy atom. The zero-order valence-corrected chi connectivity index (χ0v) is 16.7. The summed E-state index contributed by atoms with van der Waals surface area (Å²) in [5.41, 5.74) is 4.59. The van der Waals surface area contributed by atoms with E-state index < -0.39 is 0 Å². The minimum absolute atomic E-state index is 0.451.